The maximum atomic E-state index is 14.0. The lowest BCUT2D eigenvalue weighted by atomic mass is 9.36. The first kappa shape index (κ1) is 21.4. The lowest BCUT2D eigenvalue weighted by molar-refractivity contribution is -0.173. The van der Waals surface area contributed by atoms with Crippen molar-refractivity contribution in [3.8, 4) is 0 Å². The molecule has 9 heterocycles. The standard InChI is InChI=1S/C31H26N4O5/c36-26-28-18-9-10-19(38-18)29(28,27(37)40-26)25-23-22(24(28)39-25)30(16-5-1-3-11-32-16)20-14-7-8-15(13-14)21(20)31(23,35-34-30)17-6-2-4-12-33-17/h1-6,9-12,14-15,18-25H,7-8,13H2/t14-,15+,18-,19+,20+,21-,22+,23-,24+,25-,28+,29-,30+,31-. The van der Waals surface area contributed by atoms with Crippen molar-refractivity contribution in [2.75, 3.05) is 0 Å². The molecule has 0 N–H and O–H groups in total. The highest BCUT2D eigenvalue weighted by Gasteiger charge is 2.97. The van der Waals surface area contributed by atoms with Crippen molar-refractivity contribution < 1.29 is 23.8 Å². The third kappa shape index (κ3) is 1.74. The van der Waals surface area contributed by atoms with Gasteiger partial charge >= 0.3 is 11.9 Å². The molecule has 14 atom stereocenters. The van der Waals surface area contributed by atoms with Gasteiger partial charge in [-0.3, -0.25) is 19.6 Å². The number of azo groups is 1. The van der Waals surface area contributed by atoms with Crippen molar-refractivity contribution in [2.24, 2.45) is 56.6 Å². The first-order valence-corrected chi connectivity index (χ1v) is 14.6. The number of aromatic nitrogens is 2. The maximum absolute atomic E-state index is 14.0. The largest absolute Gasteiger partial charge is 0.392 e. The average Bonchev–Trinajstić information content (AvgIpc) is 3.85. The fourth-order valence-electron chi connectivity index (χ4n) is 12.2. The summed E-state index contributed by atoms with van der Waals surface area (Å²) < 4.78 is 19.1. The van der Waals surface area contributed by atoms with Crippen LogP contribution in [0.1, 0.15) is 30.7 Å². The molecule has 3 aliphatic carbocycles. The quantitative estimate of drug-likeness (QED) is 0.331. The van der Waals surface area contributed by atoms with Crippen LogP contribution in [0.2, 0.25) is 0 Å². The Morgan fingerprint density at radius 1 is 0.675 bits per heavy atom. The van der Waals surface area contributed by atoms with Gasteiger partial charge in [-0.15, -0.1) is 0 Å². The van der Waals surface area contributed by atoms with Gasteiger partial charge < -0.3 is 14.2 Å². The molecule has 0 spiro atoms. The Morgan fingerprint density at radius 3 is 1.68 bits per heavy atom. The van der Waals surface area contributed by atoms with Gasteiger partial charge in [-0.25, -0.2) is 0 Å². The summed E-state index contributed by atoms with van der Waals surface area (Å²) in [5.74, 6) is -0.119. The van der Waals surface area contributed by atoms with Crippen LogP contribution in [0, 0.1) is 46.3 Å². The van der Waals surface area contributed by atoms with Crippen molar-refractivity contribution in [1.82, 2.24) is 9.97 Å². The second kappa shape index (κ2) is 6.29. The molecule has 4 saturated heterocycles. The Kier molecular flexibility index (Phi) is 3.37. The highest BCUT2D eigenvalue weighted by molar-refractivity contribution is 6.06. The van der Waals surface area contributed by atoms with Crippen molar-refractivity contribution in [1.29, 1.82) is 0 Å². The summed E-state index contributed by atoms with van der Waals surface area (Å²) >= 11 is 0. The molecule has 0 aromatic carbocycles. The molecule has 0 unspecified atom stereocenters. The van der Waals surface area contributed by atoms with E-state index in [2.05, 4.69) is 12.1 Å². The highest BCUT2D eigenvalue weighted by Crippen LogP contribution is 2.85. The number of hydrogen-bond acceptors (Lipinski definition) is 9. The molecule has 2 aromatic rings. The van der Waals surface area contributed by atoms with E-state index in [9.17, 15) is 9.59 Å². The maximum Gasteiger partial charge on any atom is 0.326 e. The van der Waals surface area contributed by atoms with Crippen LogP contribution < -0.4 is 0 Å². The van der Waals surface area contributed by atoms with Gasteiger partial charge in [0.05, 0.1) is 35.8 Å². The lowest BCUT2D eigenvalue weighted by Gasteiger charge is -2.66. The van der Waals surface area contributed by atoms with Gasteiger partial charge in [0.1, 0.15) is 21.9 Å². The predicted molar refractivity (Wildman–Crippen MR) is 134 cm³/mol. The number of rotatable bonds is 2. The summed E-state index contributed by atoms with van der Waals surface area (Å²) in [7, 11) is 0. The molecular weight excluding hydrogens is 508 g/mol. The molecule has 8 bridgehead atoms. The number of esters is 2. The molecule has 9 heteroatoms. The van der Waals surface area contributed by atoms with Gasteiger partial charge in [-0.2, -0.15) is 10.2 Å². The fourth-order valence-corrected chi connectivity index (χ4v) is 12.2. The Bertz CT molecular complexity index is 1500. The van der Waals surface area contributed by atoms with E-state index in [-0.39, 0.29) is 23.7 Å². The zero-order valence-electron chi connectivity index (χ0n) is 21.5. The fraction of sp³-hybridized carbons (Fsp3) is 0.548. The normalized spacial score (nSPS) is 56.0. The average molecular weight is 535 g/mol. The molecule has 0 amide bonds. The molecule has 9 nitrogen and oxygen atoms in total. The van der Waals surface area contributed by atoms with Crippen LogP contribution in [0.15, 0.2) is 71.2 Å². The van der Waals surface area contributed by atoms with Crippen molar-refractivity contribution >= 4 is 11.9 Å². The molecule has 3 saturated carbocycles. The minimum absolute atomic E-state index is 0.193. The van der Waals surface area contributed by atoms with Crippen LogP contribution in [0.3, 0.4) is 0 Å². The number of hydrogen-bond donors (Lipinski definition) is 0. The molecule has 40 heavy (non-hydrogen) atoms. The summed E-state index contributed by atoms with van der Waals surface area (Å²) in [5.41, 5.74) is -2.18. The van der Waals surface area contributed by atoms with Crippen molar-refractivity contribution in [2.45, 2.75) is 54.8 Å². The van der Waals surface area contributed by atoms with Crippen LogP contribution in [-0.4, -0.2) is 46.3 Å². The molecule has 200 valence electrons. The van der Waals surface area contributed by atoms with E-state index in [1.54, 1.807) is 0 Å². The molecule has 7 aliphatic heterocycles. The van der Waals surface area contributed by atoms with Crippen LogP contribution in [0.25, 0.3) is 0 Å². The third-order valence-electron chi connectivity index (χ3n) is 12.9. The van der Waals surface area contributed by atoms with Gasteiger partial charge in [-0.05, 0) is 55.4 Å². The molecule has 7 fully saturated rings. The third-order valence-corrected chi connectivity index (χ3v) is 12.9. The minimum atomic E-state index is -1.22. The first-order chi connectivity index (χ1) is 19.6. The first-order valence-electron chi connectivity index (χ1n) is 14.6. The predicted octanol–water partition coefficient (Wildman–Crippen LogP) is 3.12. The number of ether oxygens (including phenoxy) is 3. The topological polar surface area (TPSA) is 112 Å². The number of nitrogens with zero attached hydrogens (tertiary/aromatic N) is 4. The van der Waals surface area contributed by atoms with E-state index in [1.165, 1.54) is 0 Å². The highest BCUT2D eigenvalue weighted by atomic mass is 16.6. The Balaban J connectivity index is 1.27. The Morgan fingerprint density at radius 2 is 1.20 bits per heavy atom. The number of pyridine rings is 2. The molecular formula is C31H26N4O5. The Labute approximate surface area is 229 Å². The van der Waals surface area contributed by atoms with Gasteiger partial charge in [0.2, 0.25) is 0 Å². The summed E-state index contributed by atoms with van der Waals surface area (Å²) in [6.45, 7) is 0. The second-order valence-electron chi connectivity index (χ2n) is 13.5. The van der Waals surface area contributed by atoms with E-state index in [0.717, 1.165) is 30.7 Å². The number of fused-ring (bicyclic) bond motifs is 6. The van der Waals surface area contributed by atoms with E-state index in [4.69, 9.17) is 34.4 Å². The van der Waals surface area contributed by atoms with E-state index >= 15 is 0 Å². The number of cyclic esters (lactones) is 2. The van der Waals surface area contributed by atoms with Gasteiger partial charge in [-0.1, -0.05) is 24.3 Å². The van der Waals surface area contributed by atoms with Gasteiger partial charge in [0, 0.05) is 36.1 Å². The van der Waals surface area contributed by atoms with Crippen LogP contribution in [-0.2, 0) is 34.9 Å². The van der Waals surface area contributed by atoms with E-state index in [0.29, 0.717) is 11.8 Å². The minimum Gasteiger partial charge on any atom is -0.392 e. The summed E-state index contributed by atoms with van der Waals surface area (Å²) in [5, 5.41) is 10.7. The smallest absolute Gasteiger partial charge is 0.326 e. The van der Waals surface area contributed by atoms with Crippen LogP contribution in [0.4, 0.5) is 0 Å². The number of carbonyl (C=O) groups excluding carboxylic acids is 2. The van der Waals surface area contributed by atoms with E-state index in [1.807, 2.05) is 48.8 Å². The number of carbonyl (C=O) groups is 2. The van der Waals surface area contributed by atoms with E-state index < -0.39 is 58.3 Å². The second-order valence-corrected chi connectivity index (χ2v) is 13.5. The van der Waals surface area contributed by atoms with Crippen LogP contribution in [0.5, 0.6) is 0 Å². The molecule has 0 radical (unpaired) electrons. The molecule has 12 rings (SSSR count). The summed E-state index contributed by atoms with van der Waals surface area (Å²) in [6, 6.07) is 12.0. The zero-order valence-corrected chi connectivity index (χ0v) is 21.5. The molecule has 2 aromatic heterocycles. The molecule has 10 aliphatic rings. The van der Waals surface area contributed by atoms with Gasteiger partial charge in [0.15, 0.2) is 0 Å². The summed E-state index contributed by atoms with van der Waals surface area (Å²) in [4.78, 5) is 37.8. The SMILES string of the molecule is O=C1OC(=O)[C@]23[C@@H]4C=C[C@@H](O4)[C@]12[C@H]1O[C@@H]3[C@H]2[C@@H]1[C@@]1(c3ccccn3)N=N[C@]2(c2ccccn2)[C@@H]2[C@H]3CC[C@H](C3)[C@@H]21. The van der Waals surface area contributed by atoms with Gasteiger partial charge in [0.25, 0.3) is 0 Å². The Hall–Kier alpha value is -3.30. The van der Waals surface area contributed by atoms with Crippen molar-refractivity contribution in [3.05, 3.63) is 72.3 Å². The summed E-state index contributed by atoms with van der Waals surface area (Å²) in [6.07, 6.45) is 8.67. The monoisotopic (exact) mass is 534 g/mol. The zero-order chi connectivity index (χ0) is 26.2. The van der Waals surface area contributed by atoms with Crippen LogP contribution >= 0.6 is 0 Å². The van der Waals surface area contributed by atoms with Crippen molar-refractivity contribution in [3.63, 3.8) is 0 Å². The lowest BCUT2D eigenvalue weighted by Crippen LogP contribution is -2.75.